The maximum Gasteiger partial charge on any atom is 0.271 e. The lowest BCUT2D eigenvalue weighted by Gasteiger charge is -2.04. The van der Waals surface area contributed by atoms with Crippen LogP contribution in [0, 0.1) is 13.8 Å². The fourth-order valence-electron chi connectivity index (χ4n) is 2.63. The summed E-state index contributed by atoms with van der Waals surface area (Å²) in [6, 6.07) is 16.8. The quantitative estimate of drug-likeness (QED) is 0.548. The van der Waals surface area contributed by atoms with Crippen LogP contribution in [-0.4, -0.2) is 21.9 Å². The summed E-state index contributed by atoms with van der Waals surface area (Å²) in [5.74, 6) is -0.287. The minimum absolute atomic E-state index is 0.287. The van der Waals surface area contributed by atoms with Crippen LogP contribution < -0.4 is 5.43 Å². The number of hydrogen-bond donors (Lipinski definition) is 1. The van der Waals surface area contributed by atoms with Gasteiger partial charge in [-0.3, -0.25) is 9.48 Å². The lowest BCUT2D eigenvalue weighted by molar-refractivity contribution is 0.0955. The van der Waals surface area contributed by atoms with Crippen LogP contribution in [0.2, 0.25) is 5.02 Å². The molecule has 3 aromatic rings. The summed E-state index contributed by atoms with van der Waals surface area (Å²) in [5.41, 5.74) is 6.97. The summed E-state index contributed by atoms with van der Waals surface area (Å²) in [5, 5.41) is 9.23. The van der Waals surface area contributed by atoms with Crippen molar-refractivity contribution >= 4 is 23.7 Å². The van der Waals surface area contributed by atoms with Crippen LogP contribution >= 0.6 is 11.6 Å². The number of amides is 1. The number of rotatable bonds is 5. The number of aromatic nitrogens is 2. The van der Waals surface area contributed by atoms with Crippen molar-refractivity contribution in [2.45, 2.75) is 20.4 Å². The molecule has 0 saturated heterocycles. The molecule has 5 nitrogen and oxygen atoms in total. The van der Waals surface area contributed by atoms with Crippen molar-refractivity contribution in [3.05, 3.63) is 87.7 Å². The Morgan fingerprint density at radius 1 is 1.15 bits per heavy atom. The molecule has 3 rings (SSSR count). The third-order valence-electron chi connectivity index (χ3n) is 4.08. The molecule has 1 N–H and O–H groups in total. The minimum Gasteiger partial charge on any atom is -0.267 e. The van der Waals surface area contributed by atoms with Gasteiger partial charge in [0.25, 0.3) is 5.91 Å². The van der Waals surface area contributed by atoms with Crippen molar-refractivity contribution in [2.24, 2.45) is 5.10 Å². The third kappa shape index (κ3) is 4.18. The Morgan fingerprint density at radius 2 is 1.85 bits per heavy atom. The zero-order chi connectivity index (χ0) is 18.5. The fraction of sp³-hybridized carbons (Fsp3) is 0.150. The van der Waals surface area contributed by atoms with E-state index in [4.69, 9.17) is 11.6 Å². The summed E-state index contributed by atoms with van der Waals surface area (Å²) in [4.78, 5) is 12.1. The summed E-state index contributed by atoms with van der Waals surface area (Å²) < 4.78 is 1.94. The second kappa shape index (κ2) is 7.97. The number of halogens is 1. The van der Waals surface area contributed by atoms with Gasteiger partial charge in [-0.05, 0) is 43.7 Å². The van der Waals surface area contributed by atoms with E-state index in [1.165, 1.54) is 5.56 Å². The van der Waals surface area contributed by atoms with E-state index >= 15 is 0 Å². The molecule has 6 heteroatoms. The maximum atomic E-state index is 12.1. The first-order valence-corrected chi connectivity index (χ1v) is 8.59. The molecule has 0 bridgehead atoms. The molecule has 0 fully saturated rings. The molecule has 2 aromatic carbocycles. The number of hydrazone groups is 1. The average Bonchev–Trinajstić information content (AvgIpc) is 2.90. The molecule has 132 valence electrons. The van der Waals surface area contributed by atoms with Crippen molar-refractivity contribution < 1.29 is 4.79 Å². The maximum absolute atomic E-state index is 12.1. The molecule has 0 atom stereocenters. The summed E-state index contributed by atoms with van der Waals surface area (Å²) in [7, 11) is 0. The first kappa shape index (κ1) is 17.9. The molecule has 0 saturated carbocycles. The van der Waals surface area contributed by atoms with E-state index in [1.54, 1.807) is 30.5 Å². The number of benzene rings is 2. The van der Waals surface area contributed by atoms with Crippen LogP contribution in [0.15, 0.2) is 59.7 Å². The lowest BCUT2D eigenvalue weighted by Crippen LogP contribution is -2.17. The Kier molecular flexibility index (Phi) is 5.49. The van der Waals surface area contributed by atoms with E-state index in [0.717, 1.165) is 17.0 Å². The van der Waals surface area contributed by atoms with Crippen molar-refractivity contribution in [2.75, 3.05) is 0 Å². The van der Waals surface area contributed by atoms with Gasteiger partial charge in [0.1, 0.15) is 0 Å². The molecule has 0 unspecified atom stereocenters. The first-order valence-electron chi connectivity index (χ1n) is 8.21. The van der Waals surface area contributed by atoms with Crippen LogP contribution in [0.1, 0.15) is 32.9 Å². The third-order valence-corrected chi connectivity index (χ3v) is 4.33. The Labute approximate surface area is 157 Å². The molecular weight excluding hydrogens is 348 g/mol. The van der Waals surface area contributed by atoms with Crippen molar-refractivity contribution in [3.63, 3.8) is 0 Å². The highest BCUT2D eigenvalue weighted by molar-refractivity contribution is 6.30. The van der Waals surface area contributed by atoms with Crippen LogP contribution in [0.4, 0.5) is 0 Å². The Hall–Kier alpha value is -2.92. The molecule has 1 aromatic heterocycles. The van der Waals surface area contributed by atoms with Crippen LogP contribution in [0.25, 0.3) is 0 Å². The van der Waals surface area contributed by atoms with Gasteiger partial charge in [0.15, 0.2) is 0 Å². The van der Waals surface area contributed by atoms with E-state index in [0.29, 0.717) is 17.1 Å². The summed E-state index contributed by atoms with van der Waals surface area (Å²) in [6.07, 6.45) is 1.63. The van der Waals surface area contributed by atoms with Gasteiger partial charge in [0.05, 0.1) is 18.5 Å². The topological polar surface area (TPSA) is 59.3 Å². The predicted octanol–water partition coefficient (Wildman–Crippen LogP) is 3.97. The summed E-state index contributed by atoms with van der Waals surface area (Å²) in [6.45, 7) is 4.61. The van der Waals surface area contributed by atoms with Gasteiger partial charge in [-0.2, -0.15) is 10.2 Å². The number of carbonyl (C=O) groups is 1. The Bertz CT molecular complexity index is 930. The van der Waals surface area contributed by atoms with Crippen molar-refractivity contribution in [1.29, 1.82) is 0 Å². The lowest BCUT2D eigenvalue weighted by atomic mass is 10.2. The number of nitrogens with zero attached hydrogens (tertiary/aromatic N) is 3. The van der Waals surface area contributed by atoms with E-state index < -0.39 is 0 Å². The molecule has 0 spiro atoms. The predicted molar refractivity (Wildman–Crippen MR) is 104 cm³/mol. The standard InChI is InChI=1S/C20H19ClN4O/c1-14-19(12-22-23-20(26)17-8-10-18(21)11-9-17)15(2)25(24-14)13-16-6-4-3-5-7-16/h3-12H,13H2,1-2H3,(H,23,26)/b22-12-. The van der Waals surface area contributed by atoms with Crippen LogP contribution in [0.3, 0.4) is 0 Å². The van der Waals surface area contributed by atoms with Gasteiger partial charge >= 0.3 is 0 Å². The minimum atomic E-state index is -0.287. The van der Waals surface area contributed by atoms with Crippen LogP contribution in [-0.2, 0) is 6.54 Å². The fourth-order valence-corrected chi connectivity index (χ4v) is 2.76. The SMILES string of the molecule is Cc1nn(Cc2ccccc2)c(C)c1/C=N\NC(=O)c1ccc(Cl)cc1. The van der Waals surface area contributed by atoms with Gasteiger partial charge in [-0.25, -0.2) is 5.43 Å². The highest BCUT2D eigenvalue weighted by atomic mass is 35.5. The van der Waals surface area contributed by atoms with Gasteiger partial charge < -0.3 is 0 Å². The van der Waals surface area contributed by atoms with Crippen molar-refractivity contribution in [1.82, 2.24) is 15.2 Å². The van der Waals surface area contributed by atoms with E-state index in [1.807, 2.05) is 36.7 Å². The molecule has 0 aliphatic carbocycles. The molecule has 26 heavy (non-hydrogen) atoms. The van der Waals surface area contributed by atoms with Crippen LogP contribution in [0.5, 0.6) is 0 Å². The molecule has 0 aliphatic rings. The number of aryl methyl sites for hydroxylation is 1. The van der Waals surface area contributed by atoms with E-state index in [-0.39, 0.29) is 5.91 Å². The average molecular weight is 367 g/mol. The van der Waals surface area contributed by atoms with Crippen molar-refractivity contribution in [3.8, 4) is 0 Å². The van der Waals surface area contributed by atoms with E-state index in [9.17, 15) is 4.79 Å². The molecule has 0 radical (unpaired) electrons. The summed E-state index contributed by atoms with van der Waals surface area (Å²) >= 11 is 5.83. The van der Waals surface area contributed by atoms with Gasteiger partial charge in [-0.1, -0.05) is 41.9 Å². The monoisotopic (exact) mass is 366 g/mol. The zero-order valence-corrected chi connectivity index (χ0v) is 15.4. The second-order valence-electron chi connectivity index (χ2n) is 5.93. The molecule has 1 amide bonds. The van der Waals surface area contributed by atoms with Gasteiger partial charge in [-0.15, -0.1) is 0 Å². The number of nitrogens with one attached hydrogen (secondary N) is 1. The Morgan fingerprint density at radius 3 is 2.54 bits per heavy atom. The van der Waals surface area contributed by atoms with E-state index in [2.05, 4.69) is 27.8 Å². The normalized spacial score (nSPS) is 11.0. The van der Waals surface area contributed by atoms with Gasteiger partial charge in [0, 0.05) is 21.8 Å². The largest absolute Gasteiger partial charge is 0.271 e. The number of carbonyl (C=O) groups excluding carboxylic acids is 1. The smallest absolute Gasteiger partial charge is 0.267 e. The molecular formula is C20H19ClN4O. The van der Waals surface area contributed by atoms with Gasteiger partial charge in [0.2, 0.25) is 0 Å². The highest BCUT2D eigenvalue weighted by Gasteiger charge is 2.10. The Balaban J connectivity index is 1.70. The zero-order valence-electron chi connectivity index (χ0n) is 14.6. The molecule has 1 heterocycles. The highest BCUT2D eigenvalue weighted by Crippen LogP contribution is 2.13. The second-order valence-corrected chi connectivity index (χ2v) is 6.37. The first-order chi connectivity index (χ1) is 12.5. The molecule has 0 aliphatic heterocycles. The number of hydrogen-bond acceptors (Lipinski definition) is 3.